The molecule has 5 nitrogen and oxygen atoms in total. The van der Waals surface area contributed by atoms with Gasteiger partial charge >= 0.3 is 0 Å². The molecule has 0 aliphatic carbocycles. The van der Waals surface area contributed by atoms with Crippen LogP contribution in [-0.2, 0) is 10.0 Å². The maximum Gasteiger partial charge on any atom is 0.242 e. The van der Waals surface area contributed by atoms with E-state index in [1.165, 1.54) is 18.2 Å². The molecule has 0 amide bonds. The monoisotopic (exact) mass is 278 g/mol. The number of benzene rings is 1. The largest absolute Gasteiger partial charge is 0.398 e. The summed E-state index contributed by atoms with van der Waals surface area (Å²) in [4.78, 5) is -0.0335. The van der Waals surface area contributed by atoms with Gasteiger partial charge in [-0.25, -0.2) is 13.1 Å². The molecule has 0 radical (unpaired) electrons. The van der Waals surface area contributed by atoms with Gasteiger partial charge in [0.05, 0.1) is 12.3 Å². The average molecular weight is 279 g/mol. The van der Waals surface area contributed by atoms with Gasteiger partial charge in [-0.15, -0.1) is 0 Å². The smallest absolute Gasteiger partial charge is 0.242 e. The van der Waals surface area contributed by atoms with Crippen LogP contribution >= 0.6 is 11.6 Å². The van der Waals surface area contributed by atoms with Crippen LogP contribution in [0.15, 0.2) is 23.1 Å². The number of anilines is 1. The SMILES string of the molecule is CCC(CO)NS(=O)(=O)c1ccc(Cl)cc1N. The lowest BCUT2D eigenvalue weighted by atomic mass is 10.3. The maximum atomic E-state index is 11.9. The second kappa shape index (κ2) is 5.68. The molecule has 1 aromatic carbocycles. The molecule has 0 aliphatic heterocycles. The second-order valence-electron chi connectivity index (χ2n) is 3.59. The minimum absolute atomic E-state index is 0.0335. The van der Waals surface area contributed by atoms with Crippen molar-refractivity contribution in [1.29, 1.82) is 0 Å². The Hall–Kier alpha value is -0.820. The molecule has 0 saturated heterocycles. The zero-order valence-corrected chi connectivity index (χ0v) is 10.9. The van der Waals surface area contributed by atoms with Crippen LogP contribution in [0, 0.1) is 0 Å². The second-order valence-corrected chi connectivity index (χ2v) is 5.71. The highest BCUT2D eigenvalue weighted by molar-refractivity contribution is 7.89. The van der Waals surface area contributed by atoms with E-state index in [4.69, 9.17) is 22.4 Å². The van der Waals surface area contributed by atoms with Gasteiger partial charge in [0.15, 0.2) is 0 Å². The Balaban J connectivity index is 3.05. The van der Waals surface area contributed by atoms with E-state index in [0.717, 1.165) is 0 Å². The van der Waals surface area contributed by atoms with E-state index < -0.39 is 16.1 Å². The Morgan fingerprint density at radius 2 is 2.18 bits per heavy atom. The van der Waals surface area contributed by atoms with Crippen LogP contribution in [0.25, 0.3) is 0 Å². The first-order chi connectivity index (χ1) is 7.90. The predicted octanol–water partition coefficient (Wildman–Crippen LogP) is 0.971. The summed E-state index contributed by atoms with van der Waals surface area (Å²) in [5.41, 5.74) is 5.68. The third-order valence-corrected chi connectivity index (χ3v) is 4.13. The van der Waals surface area contributed by atoms with Crippen molar-refractivity contribution in [1.82, 2.24) is 4.72 Å². The van der Waals surface area contributed by atoms with E-state index in [0.29, 0.717) is 11.4 Å². The number of nitrogen functional groups attached to an aromatic ring is 1. The van der Waals surface area contributed by atoms with Crippen molar-refractivity contribution in [3.63, 3.8) is 0 Å². The lowest BCUT2D eigenvalue weighted by molar-refractivity contribution is 0.254. The molecule has 4 N–H and O–H groups in total. The first-order valence-electron chi connectivity index (χ1n) is 5.09. The van der Waals surface area contributed by atoms with Gasteiger partial charge in [0.25, 0.3) is 0 Å². The van der Waals surface area contributed by atoms with Crippen molar-refractivity contribution in [2.75, 3.05) is 12.3 Å². The number of hydrogen-bond donors (Lipinski definition) is 3. The molecule has 1 unspecified atom stereocenters. The standard InChI is InChI=1S/C10H15ClN2O3S/c1-2-8(6-14)13-17(15,16)10-4-3-7(11)5-9(10)12/h3-5,8,13-14H,2,6,12H2,1H3. The van der Waals surface area contributed by atoms with E-state index in [-0.39, 0.29) is 17.2 Å². The van der Waals surface area contributed by atoms with Crippen molar-refractivity contribution < 1.29 is 13.5 Å². The van der Waals surface area contributed by atoms with Gasteiger partial charge in [0, 0.05) is 11.1 Å². The molecule has 0 saturated carbocycles. The molecule has 0 aromatic heterocycles. The zero-order chi connectivity index (χ0) is 13.1. The molecule has 7 heteroatoms. The molecular formula is C10H15ClN2O3S. The molecule has 0 fully saturated rings. The number of halogens is 1. The number of aliphatic hydroxyl groups excluding tert-OH is 1. The summed E-state index contributed by atoms with van der Waals surface area (Å²) in [5.74, 6) is 0. The average Bonchev–Trinajstić information content (AvgIpc) is 2.25. The Kier molecular flexibility index (Phi) is 4.76. The molecule has 0 bridgehead atoms. The fourth-order valence-corrected chi connectivity index (χ4v) is 2.90. The fourth-order valence-electron chi connectivity index (χ4n) is 1.30. The number of sulfonamides is 1. The molecule has 1 rings (SSSR count). The van der Waals surface area contributed by atoms with Crippen LogP contribution in [0.5, 0.6) is 0 Å². The Labute approximate surface area is 106 Å². The molecule has 17 heavy (non-hydrogen) atoms. The van der Waals surface area contributed by atoms with Gasteiger partial charge in [-0.3, -0.25) is 0 Å². The molecule has 0 aliphatic rings. The lowest BCUT2D eigenvalue weighted by Gasteiger charge is -2.15. The first-order valence-corrected chi connectivity index (χ1v) is 6.95. The molecule has 0 heterocycles. The van der Waals surface area contributed by atoms with Crippen LogP contribution in [0.4, 0.5) is 5.69 Å². The van der Waals surface area contributed by atoms with Crippen molar-refractivity contribution in [3.05, 3.63) is 23.2 Å². The third-order valence-electron chi connectivity index (χ3n) is 2.30. The van der Waals surface area contributed by atoms with Gasteiger partial charge in [-0.2, -0.15) is 0 Å². The van der Waals surface area contributed by atoms with Crippen LogP contribution < -0.4 is 10.5 Å². The minimum atomic E-state index is -3.72. The highest BCUT2D eigenvalue weighted by Crippen LogP contribution is 2.22. The van der Waals surface area contributed by atoms with Crippen LogP contribution in [-0.4, -0.2) is 26.2 Å². The summed E-state index contributed by atoms with van der Waals surface area (Å²) < 4.78 is 26.3. The predicted molar refractivity (Wildman–Crippen MR) is 67.4 cm³/mol. The number of rotatable bonds is 5. The van der Waals surface area contributed by atoms with Gasteiger partial charge in [0.1, 0.15) is 4.90 Å². The van der Waals surface area contributed by atoms with Crippen LogP contribution in [0.3, 0.4) is 0 Å². The topological polar surface area (TPSA) is 92.4 Å². The number of hydrogen-bond acceptors (Lipinski definition) is 4. The van der Waals surface area contributed by atoms with Gasteiger partial charge in [-0.1, -0.05) is 18.5 Å². The molecule has 0 spiro atoms. The number of nitrogens with two attached hydrogens (primary N) is 1. The Bertz CT molecular complexity index is 486. The van der Waals surface area contributed by atoms with Crippen molar-refractivity contribution in [2.45, 2.75) is 24.3 Å². The Morgan fingerprint density at radius 1 is 1.53 bits per heavy atom. The summed E-state index contributed by atoms with van der Waals surface area (Å²) in [6, 6.07) is 3.64. The summed E-state index contributed by atoms with van der Waals surface area (Å²) >= 11 is 5.69. The third kappa shape index (κ3) is 3.57. The summed E-state index contributed by atoms with van der Waals surface area (Å²) in [7, 11) is -3.72. The highest BCUT2D eigenvalue weighted by Gasteiger charge is 2.20. The van der Waals surface area contributed by atoms with Gasteiger partial charge in [-0.05, 0) is 24.6 Å². The van der Waals surface area contributed by atoms with Crippen molar-refractivity contribution in [2.24, 2.45) is 0 Å². The fraction of sp³-hybridized carbons (Fsp3) is 0.400. The molecule has 1 atom stereocenters. The summed E-state index contributed by atoms with van der Waals surface area (Å²) in [5, 5.41) is 9.34. The minimum Gasteiger partial charge on any atom is -0.398 e. The Morgan fingerprint density at radius 3 is 2.65 bits per heavy atom. The maximum absolute atomic E-state index is 11.9. The van der Waals surface area contributed by atoms with Crippen LogP contribution in [0.2, 0.25) is 5.02 Å². The lowest BCUT2D eigenvalue weighted by Crippen LogP contribution is -2.37. The number of nitrogens with one attached hydrogen (secondary N) is 1. The van der Waals surface area contributed by atoms with E-state index in [1.807, 2.05) is 0 Å². The zero-order valence-electron chi connectivity index (χ0n) is 9.35. The first kappa shape index (κ1) is 14.2. The van der Waals surface area contributed by atoms with E-state index in [9.17, 15) is 8.42 Å². The summed E-state index contributed by atoms with van der Waals surface area (Å²) in [6.07, 6.45) is 0.489. The van der Waals surface area contributed by atoms with Crippen molar-refractivity contribution in [3.8, 4) is 0 Å². The van der Waals surface area contributed by atoms with E-state index in [2.05, 4.69) is 4.72 Å². The molecule has 1 aromatic rings. The van der Waals surface area contributed by atoms with Gasteiger partial charge < -0.3 is 10.8 Å². The molecular weight excluding hydrogens is 264 g/mol. The van der Waals surface area contributed by atoms with Crippen molar-refractivity contribution >= 4 is 27.3 Å². The molecule has 96 valence electrons. The van der Waals surface area contributed by atoms with Gasteiger partial charge in [0.2, 0.25) is 10.0 Å². The quantitative estimate of drug-likeness (QED) is 0.700. The highest BCUT2D eigenvalue weighted by atomic mass is 35.5. The summed E-state index contributed by atoms with van der Waals surface area (Å²) in [6.45, 7) is 1.51. The van der Waals surface area contributed by atoms with E-state index in [1.54, 1.807) is 6.92 Å². The van der Waals surface area contributed by atoms with E-state index >= 15 is 0 Å². The van der Waals surface area contributed by atoms with Crippen LogP contribution in [0.1, 0.15) is 13.3 Å². The number of aliphatic hydroxyl groups is 1. The normalized spacial score (nSPS) is 13.6.